The van der Waals surface area contributed by atoms with Crippen LogP contribution in [0, 0.1) is 0 Å². The molecule has 0 bridgehead atoms. The molecule has 1 aromatic carbocycles. The third kappa shape index (κ3) is 2.55. The van der Waals surface area contributed by atoms with Gasteiger partial charge in [-0.1, -0.05) is 0 Å². The molecule has 0 aliphatic carbocycles. The monoisotopic (exact) mass is 207 g/mol. The van der Waals surface area contributed by atoms with Gasteiger partial charge in [0, 0.05) is 48.0 Å². The molecule has 3 nitrogen and oxygen atoms in total. The highest BCUT2D eigenvalue weighted by molar-refractivity contribution is 5.75. The maximum atomic E-state index is 2.20. The molecule has 1 aromatic rings. The molecule has 0 N–H and O–H groups in total. The zero-order valence-corrected chi connectivity index (χ0v) is 10.6. The van der Waals surface area contributed by atoms with Gasteiger partial charge in [0.2, 0.25) is 0 Å². The van der Waals surface area contributed by atoms with E-state index in [1.165, 1.54) is 17.1 Å². The van der Waals surface area contributed by atoms with Crippen LogP contribution in [-0.4, -0.2) is 42.3 Å². The Morgan fingerprint density at radius 1 is 0.667 bits per heavy atom. The molecule has 0 atom stereocenters. The van der Waals surface area contributed by atoms with Crippen molar-refractivity contribution in [2.24, 2.45) is 0 Å². The van der Waals surface area contributed by atoms with Crippen molar-refractivity contribution in [2.45, 2.75) is 0 Å². The summed E-state index contributed by atoms with van der Waals surface area (Å²) in [4.78, 5) is 6.39. The lowest BCUT2D eigenvalue weighted by molar-refractivity contribution is 1.06. The second kappa shape index (κ2) is 4.43. The summed E-state index contributed by atoms with van der Waals surface area (Å²) >= 11 is 0. The summed E-state index contributed by atoms with van der Waals surface area (Å²) in [6.45, 7) is 0. The Hall–Kier alpha value is -1.38. The Morgan fingerprint density at radius 2 is 1.20 bits per heavy atom. The average molecular weight is 207 g/mol. The molecular weight excluding hydrogens is 186 g/mol. The first-order chi connectivity index (χ1) is 6.93. The Morgan fingerprint density at radius 3 is 1.60 bits per heavy atom. The van der Waals surface area contributed by atoms with Crippen LogP contribution >= 0.6 is 0 Å². The van der Waals surface area contributed by atoms with Gasteiger partial charge in [-0.2, -0.15) is 0 Å². The normalized spacial score (nSPS) is 10.0. The summed E-state index contributed by atoms with van der Waals surface area (Å²) in [5, 5.41) is 0. The van der Waals surface area contributed by atoms with E-state index >= 15 is 0 Å². The van der Waals surface area contributed by atoms with Crippen LogP contribution < -0.4 is 14.7 Å². The summed E-state index contributed by atoms with van der Waals surface area (Å²) in [5.41, 5.74) is 3.71. The first kappa shape index (κ1) is 11.7. The van der Waals surface area contributed by atoms with Gasteiger partial charge in [0.25, 0.3) is 0 Å². The van der Waals surface area contributed by atoms with E-state index in [0.717, 1.165) is 0 Å². The third-order valence-electron chi connectivity index (χ3n) is 2.44. The molecule has 0 spiro atoms. The summed E-state index contributed by atoms with van der Waals surface area (Å²) in [6.07, 6.45) is 0. The molecule has 0 amide bonds. The largest absolute Gasteiger partial charge is 0.378 e. The fourth-order valence-electron chi connectivity index (χ4n) is 1.53. The van der Waals surface area contributed by atoms with Gasteiger partial charge in [-0.3, -0.25) is 0 Å². The molecular formula is C12H21N3. The Kier molecular flexibility index (Phi) is 3.45. The summed E-state index contributed by atoms with van der Waals surface area (Å²) in [7, 11) is 12.4. The predicted molar refractivity (Wildman–Crippen MR) is 69.4 cm³/mol. The molecule has 0 radical (unpaired) electrons. The molecule has 0 heterocycles. The molecule has 0 unspecified atom stereocenters. The number of benzene rings is 1. The van der Waals surface area contributed by atoms with Crippen molar-refractivity contribution in [1.29, 1.82) is 0 Å². The standard InChI is InChI=1S/C12H21N3/c1-13(2)10-7-8-11(14(3)4)12(9-10)15(5)6/h7-9H,1-6H3. The third-order valence-corrected chi connectivity index (χ3v) is 2.44. The van der Waals surface area contributed by atoms with Crippen molar-refractivity contribution in [1.82, 2.24) is 0 Å². The van der Waals surface area contributed by atoms with Crippen LogP contribution in [0.3, 0.4) is 0 Å². The van der Waals surface area contributed by atoms with Gasteiger partial charge in [-0.25, -0.2) is 0 Å². The number of hydrogen-bond acceptors (Lipinski definition) is 3. The van der Waals surface area contributed by atoms with E-state index in [1.54, 1.807) is 0 Å². The van der Waals surface area contributed by atoms with Crippen molar-refractivity contribution in [3.05, 3.63) is 18.2 Å². The predicted octanol–water partition coefficient (Wildman–Crippen LogP) is 1.88. The molecule has 0 aromatic heterocycles. The van der Waals surface area contributed by atoms with E-state index in [1.807, 2.05) is 0 Å². The Balaban J connectivity index is 3.21. The van der Waals surface area contributed by atoms with E-state index < -0.39 is 0 Å². The topological polar surface area (TPSA) is 9.72 Å². The zero-order chi connectivity index (χ0) is 11.6. The van der Waals surface area contributed by atoms with Crippen LogP contribution in [-0.2, 0) is 0 Å². The van der Waals surface area contributed by atoms with Gasteiger partial charge in [-0.15, -0.1) is 0 Å². The highest BCUT2D eigenvalue weighted by Gasteiger charge is 2.08. The van der Waals surface area contributed by atoms with Crippen LogP contribution in [0.4, 0.5) is 17.1 Å². The second-order valence-electron chi connectivity index (χ2n) is 4.36. The number of hydrogen-bond donors (Lipinski definition) is 0. The summed E-state index contributed by atoms with van der Waals surface area (Å²) in [5.74, 6) is 0. The molecule has 0 aliphatic rings. The zero-order valence-electron chi connectivity index (χ0n) is 10.6. The van der Waals surface area contributed by atoms with Crippen LogP contribution in [0.1, 0.15) is 0 Å². The minimum absolute atomic E-state index is 1.23. The summed E-state index contributed by atoms with van der Waals surface area (Å²) < 4.78 is 0. The number of nitrogens with zero attached hydrogens (tertiary/aromatic N) is 3. The fourth-order valence-corrected chi connectivity index (χ4v) is 1.53. The van der Waals surface area contributed by atoms with E-state index in [9.17, 15) is 0 Å². The minimum Gasteiger partial charge on any atom is -0.378 e. The minimum atomic E-state index is 1.23. The first-order valence-electron chi connectivity index (χ1n) is 5.09. The van der Waals surface area contributed by atoms with Crippen LogP contribution in [0.25, 0.3) is 0 Å². The number of anilines is 3. The fraction of sp³-hybridized carbons (Fsp3) is 0.500. The highest BCUT2D eigenvalue weighted by Crippen LogP contribution is 2.30. The van der Waals surface area contributed by atoms with Crippen LogP contribution in [0.5, 0.6) is 0 Å². The maximum Gasteiger partial charge on any atom is 0.0619 e. The average Bonchev–Trinajstić information content (AvgIpc) is 2.16. The van der Waals surface area contributed by atoms with Crippen molar-refractivity contribution in [3.63, 3.8) is 0 Å². The Labute approximate surface area is 92.9 Å². The molecule has 0 fully saturated rings. The second-order valence-corrected chi connectivity index (χ2v) is 4.36. The molecule has 0 saturated carbocycles. The highest BCUT2D eigenvalue weighted by atomic mass is 15.1. The Bertz CT molecular complexity index is 330. The molecule has 84 valence electrons. The van der Waals surface area contributed by atoms with Gasteiger partial charge in [0.05, 0.1) is 11.4 Å². The van der Waals surface area contributed by atoms with E-state index in [0.29, 0.717) is 0 Å². The van der Waals surface area contributed by atoms with E-state index in [4.69, 9.17) is 0 Å². The van der Waals surface area contributed by atoms with Gasteiger partial charge in [0.1, 0.15) is 0 Å². The molecule has 0 saturated heterocycles. The van der Waals surface area contributed by atoms with E-state index in [2.05, 4.69) is 75.2 Å². The SMILES string of the molecule is CN(C)c1ccc(N(C)C)c(N(C)C)c1. The lowest BCUT2D eigenvalue weighted by atomic mass is 10.2. The van der Waals surface area contributed by atoms with E-state index in [-0.39, 0.29) is 0 Å². The van der Waals surface area contributed by atoms with Gasteiger partial charge >= 0.3 is 0 Å². The lowest BCUT2D eigenvalue weighted by Gasteiger charge is -2.24. The smallest absolute Gasteiger partial charge is 0.0619 e. The van der Waals surface area contributed by atoms with Crippen LogP contribution in [0.2, 0.25) is 0 Å². The molecule has 3 heteroatoms. The van der Waals surface area contributed by atoms with Crippen molar-refractivity contribution < 1.29 is 0 Å². The quantitative estimate of drug-likeness (QED) is 0.749. The maximum absolute atomic E-state index is 2.20. The number of rotatable bonds is 3. The van der Waals surface area contributed by atoms with Gasteiger partial charge in [0.15, 0.2) is 0 Å². The lowest BCUT2D eigenvalue weighted by Crippen LogP contribution is -2.18. The van der Waals surface area contributed by atoms with Crippen molar-refractivity contribution in [2.75, 3.05) is 57.0 Å². The van der Waals surface area contributed by atoms with Gasteiger partial charge in [-0.05, 0) is 18.2 Å². The van der Waals surface area contributed by atoms with Gasteiger partial charge < -0.3 is 14.7 Å². The summed E-state index contributed by atoms with van der Waals surface area (Å²) in [6, 6.07) is 6.50. The molecule has 15 heavy (non-hydrogen) atoms. The molecule has 1 rings (SSSR count). The molecule has 0 aliphatic heterocycles. The van der Waals surface area contributed by atoms with Crippen LogP contribution in [0.15, 0.2) is 18.2 Å². The van der Waals surface area contributed by atoms with Crippen molar-refractivity contribution >= 4 is 17.1 Å². The van der Waals surface area contributed by atoms with Crippen molar-refractivity contribution in [3.8, 4) is 0 Å². The first-order valence-corrected chi connectivity index (χ1v) is 5.09.